The van der Waals surface area contributed by atoms with Crippen molar-refractivity contribution in [1.29, 1.82) is 0 Å². The molecule has 0 bridgehead atoms. The van der Waals surface area contributed by atoms with Gasteiger partial charge in [0.2, 0.25) is 0 Å². The lowest BCUT2D eigenvalue weighted by molar-refractivity contribution is 0.100. The second-order valence-electron chi connectivity index (χ2n) is 4.52. The van der Waals surface area contributed by atoms with Crippen molar-refractivity contribution in [2.45, 2.75) is 19.9 Å². The van der Waals surface area contributed by atoms with E-state index < -0.39 is 0 Å². The van der Waals surface area contributed by atoms with Gasteiger partial charge in [0.15, 0.2) is 0 Å². The van der Waals surface area contributed by atoms with Crippen molar-refractivity contribution in [3.8, 4) is 0 Å². The smallest absolute Gasteiger partial charge is 0.409 e. The molecule has 1 aromatic rings. The molecule has 1 saturated heterocycles. The third-order valence-electron chi connectivity index (χ3n) is 3.24. The normalized spacial score (nSPS) is 19.8. The molecule has 1 atom stereocenters. The quantitative estimate of drug-likeness (QED) is 0.805. The molecule has 0 N–H and O–H groups in total. The van der Waals surface area contributed by atoms with Gasteiger partial charge >= 0.3 is 6.09 Å². The highest BCUT2D eigenvalue weighted by molar-refractivity contribution is 5.68. The Bertz CT molecular complexity index is 394. The molecule has 0 aromatic heterocycles. The Kier molecular flexibility index (Phi) is 4.07. The fraction of sp³-hybridized carbons (Fsp3) is 0.500. The van der Waals surface area contributed by atoms with Crippen molar-refractivity contribution >= 4 is 11.8 Å². The van der Waals surface area contributed by atoms with Gasteiger partial charge in [0.05, 0.1) is 6.61 Å². The van der Waals surface area contributed by atoms with Gasteiger partial charge in [-0.3, -0.25) is 0 Å². The second kappa shape index (κ2) is 5.76. The molecule has 18 heavy (non-hydrogen) atoms. The largest absolute Gasteiger partial charge is 0.450 e. The number of piperazine rings is 1. The van der Waals surface area contributed by atoms with Crippen molar-refractivity contribution in [2.24, 2.45) is 0 Å². The monoisotopic (exact) mass is 248 g/mol. The maximum Gasteiger partial charge on any atom is 0.409 e. The van der Waals surface area contributed by atoms with Gasteiger partial charge in [-0.25, -0.2) is 4.79 Å². The molecule has 1 aromatic carbocycles. The van der Waals surface area contributed by atoms with E-state index in [0.29, 0.717) is 19.2 Å². The third-order valence-corrected chi connectivity index (χ3v) is 3.24. The lowest BCUT2D eigenvalue weighted by atomic mass is 10.1. The lowest BCUT2D eigenvalue weighted by Crippen LogP contribution is -2.53. The molecule has 4 heteroatoms. The molecular weight excluding hydrogens is 228 g/mol. The number of carbonyl (C=O) groups is 1. The zero-order valence-corrected chi connectivity index (χ0v) is 11.0. The van der Waals surface area contributed by atoms with Crippen LogP contribution in [0.5, 0.6) is 0 Å². The first kappa shape index (κ1) is 12.7. The fourth-order valence-electron chi connectivity index (χ4n) is 2.34. The van der Waals surface area contributed by atoms with Crippen LogP contribution in [-0.2, 0) is 4.74 Å². The van der Waals surface area contributed by atoms with Crippen molar-refractivity contribution in [1.82, 2.24) is 4.90 Å². The number of ether oxygens (including phenoxy) is 1. The average Bonchev–Trinajstić information content (AvgIpc) is 2.40. The van der Waals surface area contributed by atoms with Gasteiger partial charge in [-0.15, -0.1) is 0 Å². The molecule has 98 valence electrons. The predicted molar refractivity (Wildman–Crippen MR) is 71.8 cm³/mol. The van der Waals surface area contributed by atoms with Gasteiger partial charge < -0.3 is 14.5 Å². The summed E-state index contributed by atoms with van der Waals surface area (Å²) in [6, 6.07) is 10.6. The van der Waals surface area contributed by atoms with Crippen LogP contribution in [0.4, 0.5) is 10.5 Å². The summed E-state index contributed by atoms with van der Waals surface area (Å²) in [5.41, 5.74) is 1.22. The molecular formula is C14H20N2O2. The number of carbonyl (C=O) groups excluding carboxylic acids is 1. The number of hydrogen-bond acceptors (Lipinski definition) is 3. The maximum absolute atomic E-state index is 11.7. The SMILES string of the molecule is CCOC(=O)N1CCN(c2ccccc2)C(C)C1. The molecule has 1 aliphatic rings. The van der Waals surface area contributed by atoms with E-state index in [1.165, 1.54) is 5.69 Å². The Morgan fingerprint density at radius 1 is 1.33 bits per heavy atom. The molecule has 0 spiro atoms. The van der Waals surface area contributed by atoms with Crippen LogP contribution in [0.15, 0.2) is 30.3 Å². The van der Waals surface area contributed by atoms with Gasteiger partial charge in [0, 0.05) is 31.4 Å². The lowest BCUT2D eigenvalue weighted by Gasteiger charge is -2.40. The molecule has 1 fully saturated rings. The highest BCUT2D eigenvalue weighted by Gasteiger charge is 2.27. The van der Waals surface area contributed by atoms with Crippen molar-refractivity contribution in [2.75, 3.05) is 31.1 Å². The van der Waals surface area contributed by atoms with Crippen molar-refractivity contribution in [3.63, 3.8) is 0 Å². The standard InChI is InChI=1S/C14H20N2O2/c1-3-18-14(17)15-9-10-16(12(2)11-15)13-7-5-4-6-8-13/h4-8,12H,3,9-11H2,1-2H3. The van der Waals surface area contributed by atoms with E-state index >= 15 is 0 Å². The molecule has 0 radical (unpaired) electrons. The first-order chi connectivity index (χ1) is 8.72. The molecule has 0 saturated carbocycles. The molecule has 1 amide bonds. The number of nitrogens with zero attached hydrogens (tertiary/aromatic N) is 2. The van der Waals surface area contributed by atoms with E-state index in [1.807, 2.05) is 25.1 Å². The Hall–Kier alpha value is -1.71. The van der Waals surface area contributed by atoms with Gasteiger partial charge in [-0.2, -0.15) is 0 Å². The minimum atomic E-state index is -0.197. The zero-order valence-electron chi connectivity index (χ0n) is 11.0. The fourth-order valence-corrected chi connectivity index (χ4v) is 2.34. The predicted octanol–water partition coefficient (Wildman–Crippen LogP) is 2.35. The van der Waals surface area contributed by atoms with Crippen LogP contribution in [0.25, 0.3) is 0 Å². The van der Waals surface area contributed by atoms with E-state index in [0.717, 1.165) is 13.1 Å². The first-order valence-corrected chi connectivity index (χ1v) is 6.45. The minimum absolute atomic E-state index is 0.197. The van der Waals surface area contributed by atoms with E-state index in [-0.39, 0.29) is 6.09 Å². The van der Waals surface area contributed by atoms with E-state index in [4.69, 9.17) is 4.74 Å². The molecule has 4 nitrogen and oxygen atoms in total. The molecule has 1 heterocycles. The summed E-state index contributed by atoms with van der Waals surface area (Å²) in [6.07, 6.45) is -0.197. The van der Waals surface area contributed by atoms with Gasteiger partial charge in [0.25, 0.3) is 0 Å². The highest BCUT2D eigenvalue weighted by atomic mass is 16.6. The minimum Gasteiger partial charge on any atom is -0.450 e. The number of benzene rings is 1. The molecule has 1 aliphatic heterocycles. The van der Waals surface area contributed by atoms with Gasteiger partial charge in [-0.1, -0.05) is 18.2 Å². The van der Waals surface area contributed by atoms with Crippen LogP contribution in [0, 0.1) is 0 Å². The Morgan fingerprint density at radius 3 is 2.67 bits per heavy atom. The second-order valence-corrected chi connectivity index (χ2v) is 4.52. The molecule has 1 unspecified atom stereocenters. The van der Waals surface area contributed by atoms with Crippen LogP contribution in [-0.4, -0.2) is 43.3 Å². The molecule has 0 aliphatic carbocycles. The maximum atomic E-state index is 11.7. The zero-order chi connectivity index (χ0) is 13.0. The summed E-state index contributed by atoms with van der Waals surface area (Å²) in [6.45, 7) is 6.70. The topological polar surface area (TPSA) is 32.8 Å². The Balaban J connectivity index is 1.99. The van der Waals surface area contributed by atoms with Crippen LogP contribution < -0.4 is 4.90 Å². The van der Waals surface area contributed by atoms with Crippen molar-refractivity contribution < 1.29 is 9.53 Å². The summed E-state index contributed by atoms with van der Waals surface area (Å²) in [5, 5.41) is 0. The van der Waals surface area contributed by atoms with Crippen LogP contribution in [0.1, 0.15) is 13.8 Å². The van der Waals surface area contributed by atoms with Gasteiger partial charge in [0.1, 0.15) is 0 Å². The summed E-state index contributed by atoms with van der Waals surface area (Å²) in [5.74, 6) is 0. The number of hydrogen-bond donors (Lipinski definition) is 0. The number of para-hydroxylation sites is 1. The van der Waals surface area contributed by atoms with E-state index in [2.05, 4.69) is 24.0 Å². The summed E-state index contributed by atoms with van der Waals surface area (Å²) >= 11 is 0. The highest BCUT2D eigenvalue weighted by Crippen LogP contribution is 2.20. The van der Waals surface area contributed by atoms with E-state index in [9.17, 15) is 4.79 Å². The average molecular weight is 248 g/mol. The summed E-state index contributed by atoms with van der Waals surface area (Å²) in [7, 11) is 0. The van der Waals surface area contributed by atoms with E-state index in [1.54, 1.807) is 4.90 Å². The van der Waals surface area contributed by atoms with Crippen molar-refractivity contribution in [3.05, 3.63) is 30.3 Å². The van der Waals surface area contributed by atoms with Crippen LogP contribution >= 0.6 is 0 Å². The molecule has 2 rings (SSSR count). The Labute approximate surface area is 108 Å². The first-order valence-electron chi connectivity index (χ1n) is 6.45. The third kappa shape index (κ3) is 2.75. The number of amides is 1. The number of rotatable bonds is 2. The number of anilines is 1. The summed E-state index contributed by atoms with van der Waals surface area (Å²) < 4.78 is 5.04. The summed E-state index contributed by atoms with van der Waals surface area (Å²) in [4.78, 5) is 15.8. The Morgan fingerprint density at radius 2 is 2.06 bits per heavy atom. The van der Waals surface area contributed by atoms with Crippen LogP contribution in [0.3, 0.4) is 0 Å². The van der Waals surface area contributed by atoms with Gasteiger partial charge in [-0.05, 0) is 26.0 Å². The van der Waals surface area contributed by atoms with Crippen LogP contribution in [0.2, 0.25) is 0 Å².